The molecule has 15 nitrogen and oxygen atoms in total. The van der Waals surface area contributed by atoms with Crippen LogP contribution in [0.4, 0.5) is 31.8 Å². The number of fused-ring (bicyclic) bond motifs is 1. The zero-order valence-electron chi connectivity index (χ0n) is 31.7. The Morgan fingerprint density at radius 1 is 0.877 bits per heavy atom. The molecule has 2 aromatic heterocycles. The molecule has 0 saturated carbocycles. The van der Waals surface area contributed by atoms with Crippen molar-refractivity contribution in [3.05, 3.63) is 65.6 Å². The number of anilines is 4. The van der Waals surface area contributed by atoms with Gasteiger partial charge >= 0.3 is 0 Å². The first-order valence-electron chi connectivity index (χ1n) is 19.9. The summed E-state index contributed by atoms with van der Waals surface area (Å²) in [5.74, 6) is -3.49. The van der Waals surface area contributed by atoms with E-state index in [1.165, 1.54) is 12.1 Å². The fourth-order valence-electron chi connectivity index (χ4n) is 8.54. The molecule has 0 spiro atoms. The molecule has 4 aliphatic heterocycles. The number of hydrogen-bond donors (Lipinski definition) is 4. The number of amides is 4. The Labute approximate surface area is 328 Å². The lowest BCUT2D eigenvalue weighted by Crippen LogP contribution is -2.52. The predicted molar refractivity (Wildman–Crippen MR) is 210 cm³/mol. The van der Waals surface area contributed by atoms with Crippen LogP contribution in [0.3, 0.4) is 0 Å². The number of imide groups is 1. The number of nitrogens with zero attached hydrogens (tertiary/aromatic N) is 7. The first kappa shape index (κ1) is 38.2. The highest BCUT2D eigenvalue weighted by Gasteiger charge is 2.30. The summed E-state index contributed by atoms with van der Waals surface area (Å²) in [5, 5.41) is 13.5. The number of likely N-dealkylation sites (tertiary alicyclic amines) is 1. The maximum atomic E-state index is 15.1. The minimum atomic E-state index is -0.869. The average Bonchev–Trinajstić information content (AvgIpc) is 3.63. The summed E-state index contributed by atoms with van der Waals surface area (Å²) in [7, 11) is 0. The largest absolute Gasteiger partial charge is 0.371 e. The topological polar surface area (TPSA) is 184 Å². The molecule has 0 aliphatic carbocycles. The van der Waals surface area contributed by atoms with E-state index in [4.69, 9.17) is 10.8 Å². The van der Waals surface area contributed by atoms with E-state index in [0.29, 0.717) is 11.6 Å². The summed E-state index contributed by atoms with van der Waals surface area (Å²) in [6.07, 6.45) is 10.3. The predicted octanol–water partition coefficient (Wildman–Crippen LogP) is 4.02. The van der Waals surface area contributed by atoms with Crippen molar-refractivity contribution >= 4 is 57.5 Å². The number of piperidine rings is 4. The smallest absolute Gasteiger partial charge is 0.277 e. The highest BCUT2D eigenvalue weighted by molar-refractivity contribution is 6.07. The molecular weight excluding hydrogens is 737 g/mol. The minimum absolute atomic E-state index is 0.122. The third-order valence-corrected chi connectivity index (χ3v) is 11.7. The number of halogens is 2. The van der Waals surface area contributed by atoms with Gasteiger partial charge in [0.15, 0.2) is 11.5 Å². The Morgan fingerprint density at radius 3 is 2.39 bits per heavy atom. The van der Waals surface area contributed by atoms with Gasteiger partial charge in [0.1, 0.15) is 11.9 Å². The number of nitrogens with two attached hydrogens (primary N) is 1. The Morgan fingerprint density at radius 2 is 1.65 bits per heavy atom. The maximum Gasteiger partial charge on any atom is 0.277 e. The lowest BCUT2D eigenvalue weighted by atomic mass is 9.94. The lowest BCUT2D eigenvalue weighted by Gasteiger charge is -2.38. The number of benzene rings is 2. The molecule has 6 heterocycles. The third-order valence-electron chi connectivity index (χ3n) is 11.7. The molecule has 0 unspecified atom stereocenters. The van der Waals surface area contributed by atoms with Crippen LogP contribution in [0.2, 0.25) is 0 Å². The molecule has 2 aromatic carbocycles. The highest BCUT2D eigenvalue weighted by Crippen LogP contribution is 2.35. The summed E-state index contributed by atoms with van der Waals surface area (Å²) in [5.41, 5.74) is 8.09. The Kier molecular flexibility index (Phi) is 11.0. The van der Waals surface area contributed by atoms with E-state index in [-0.39, 0.29) is 36.3 Å². The molecule has 4 amide bonds. The van der Waals surface area contributed by atoms with Gasteiger partial charge in [0.2, 0.25) is 17.8 Å². The summed E-state index contributed by atoms with van der Waals surface area (Å²) in [6, 6.07) is 7.87. The van der Waals surface area contributed by atoms with Gasteiger partial charge in [0, 0.05) is 69.5 Å². The molecule has 300 valence electrons. The Hall–Kier alpha value is -5.71. The van der Waals surface area contributed by atoms with E-state index >= 15 is 4.39 Å². The van der Waals surface area contributed by atoms with Crippen LogP contribution in [-0.4, -0.2) is 100 Å². The van der Waals surface area contributed by atoms with Crippen molar-refractivity contribution in [1.29, 1.82) is 0 Å². The number of nitrogen functional groups attached to an aromatic ring is 1. The van der Waals surface area contributed by atoms with Gasteiger partial charge in [0.05, 0.1) is 34.7 Å². The number of aromatic nitrogens is 4. The van der Waals surface area contributed by atoms with Crippen LogP contribution in [0.15, 0.2) is 42.7 Å². The molecule has 8 rings (SSSR count). The maximum absolute atomic E-state index is 15.1. The molecule has 57 heavy (non-hydrogen) atoms. The van der Waals surface area contributed by atoms with Crippen molar-refractivity contribution in [2.45, 2.75) is 69.9 Å². The summed E-state index contributed by atoms with van der Waals surface area (Å²) >= 11 is 0. The number of nitrogens with one attached hydrogen (secondary N) is 3. The van der Waals surface area contributed by atoms with Crippen LogP contribution in [0.25, 0.3) is 10.9 Å². The fraction of sp³-hybridized carbons (Fsp3) is 0.475. The number of hydrogen-bond acceptors (Lipinski definition) is 11. The van der Waals surface area contributed by atoms with Crippen molar-refractivity contribution in [3.8, 4) is 0 Å². The molecule has 1 atom stereocenters. The number of carbonyl (C=O) groups excluding carboxylic acids is 4. The normalized spacial score (nSPS) is 20.1. The van der Waals surface area contributed by atoms with Crippen molar-refractivity contribution in [2.75, 3.05) is 66.7 Å². The molecule has 4 aromatic rings. The van der Waals surface area contributed by atoms with Crippen LogP contribution >= 0.6 is 0 Å². The zero-order valence-corrected chi connectivity index (χ0v) is 31.7. The van der Waals surface area contributed by atoms with E-state index in [2.05, 4.69) is 45.3 Å². The number of carbonyl (C=O) groups is 4. The second-order valence-electron chi connectivity index (χ2n) is 15.6. The molecule has 4 aliphatic rings. The SMILES string of the molecule is Nc1ncc(F)c(C(=O)Nc2cc3cn(C4CCN(CC5CCN(c6ccc(C(=O)N[C@H]7CCC(=O)NC7=O)c(F)c6)CC5)CC4)nc3cc2N2CCCCC2)n1. The van der Waals surface area contributed by atoms with Crippen molar-refractivity contribution in [2.24, 2.45) is 5.92 Å². The Balaban J connectivity index is 0.852. The minimum Gasteiger partial charge on any atom is -0.371 e. The Bertz CT molecular complexity index is 2180. The van der Waals surface area contributed by atoms with Crippen molar-refractivity contribution in [3.63, 3.8) is 0 Å². The van der Waals surface area contributed by atoms with Crippen molar-refractivity contribution < 1.29 is 28.0 Å². The fourth-order valence-corrected chi connectivity index (χ4v) is 8.54. The molecule has 0 radical (unpaired) electrons. The second kappa shape index (κ2) is 16.4. The van der Waals surface area contributed by atoms with Crippen molar-refractivity contribution in [1.82, 2.24) is 35.3 Å². The quantitative estimate of drug-likeness (QED) is 0.180. The third kappa shape index (κ3) is 8.52. The van der Waals surface area contributed by atoms with Crippen LogP contribution < -0.4 is 31.5 Å². The standard InChI is InChI=1S/C40H47F2N11O4/c41-29-19-27(4-5-28(29)37(55)45-31-6-7-35(54)47-38(31)56)51-16-8-24(9-17-51)22-50-14-10-26(11-15-50)53-23-25-18-33(46-39(57)36-30(42)21-44-40(43)48-36)34(20-32(25)49-53)52-12-2-1-3-13-52/h4-5,18-21,23-24,26,31H,1-3,6-17,22H2,(H,45,55)(H,46,57)(H2,43,44,48)(H,47,54,56)/t31-/m0/s1. The number of rotatable bonds is 9. The molecule has 4 saturated heterocycles. The molecule has 17 heteroatoms. The lowest BCUT2D eigenvalue weighted by molar-refractivity contribution is -0.134. The first-order chi connectivity index (χ1) is 27.6. The van der Waals surface area contributed by atoms with E-state index in [1.54, 1.807) is 6.07 Å². The highest BCUT2D eigenvalue weighted by atomic mass is 19.1. The van der Waals surface area contributed by atoms with Gasteiger partial charge in [-0.25, -0.2) is 18.7 Å². The van der Waals surface area contributed by atoms with Gasteiger partial charge < -0.3 is 31.1 Å². The van der Waals surface area contributed by atoms with Gasteiger partial charge in [-0.05, 0) is 87.6 Å². The van der Waals surface area contributed by atoms with Gasteiger partial charge in [-0.2, -0.15) is 5.10 Å². The van der Waals surface area contributed by atoms with E-state index in [9.17, 15) is 23.6 Å². The molecule has 5 N–H and O–H groups in total. The van der Waals surface area contributed by atoms with E-state index < -0.39 is 41.1 Å². The van der Waals surface area contributed by atoms with Gasteiger partial charge in [-0.15, -0.1) is 0 Å². The van der Waals surface area contributed by atoms with Crippen LogP contribution in [0, 0.1) is 17.6 Å². The second-order valence-corrected chi connectivity index (χ2v) is 15.6. The summed E-state index contributed by atoms with van der Waals surface area (Å²) in [6.45, 7) is 6.16. The van der Waals surface area contributed by atoms with E-state index in [1.807, 2.05) is 18.3 Å². The van der Waals surface area contributed by atoms with E-state index in [0.717, 1.165) is 119 Å². The summed E-state index contributed by atoms with van der Waals surface area (Å²) < 4.78 is 31.7. The molecular formula is C40H47F2N11O4. The zero-order chi connectivity index (χ0) is 39.6. The van der Waals surface area contributed by atoms with Gasteiger partial charge in [0.25, 0.3) is 11.8 Å². The van der Waals surface area contributed by atoms with Crippen LogP contribution in [0.1, 0.15) is 84.7 Å². The van der Waals surface area contributed by atoms with Crippen LogP contribution in [-0.2, 0) is 9.59 Å². The first-order valence-corrected chi connectivity index (χ1v) is 19.9. The molecule has 4 fully saturated rings. The summed E-state index contributed by atoms with van der Waals surface area (Å²) in [4.78, 5) is 63.7. The average molecular weight is 784 g/mol. The van der Waals surface area contributed by atoms with Crippen LogP contribution in [0.5, 0.6) is 0 Å². The molecule has 0 bridgehead atoms. The monoisotopic (exact) mass is 783 g/mol. The van der Waals surface area contributed by atoms with Gasteiger partial charge in [-0.1, -0.05) is 0 Å². The van der Waals surface area contributed by atoms with Gasteiger partial charge in [-0.3, -0.25) is 29.2 Å².